The number of halogens is 1. The second-order valence-electron chi connectivity index (χ2n) is 4.19. The van der Waals surface area contributed by atoms with Crippen LogP contribution in [0.5, 0.6) is 0 Å². The second kappa shape index (κ2) is 4.65. The molecule has 0 spiro atoms. The van der Waals surface area contributed by atoms with Gasteiger partial charge in [-0.25, -0.2) is 0 Å². The predicted octanol–water partition coefficient (Wildman–Crippen LogP) is 2.92. The SMILES string of the molecule is Cc1nc(CN(C)c2nc3cc(Br)ccc3o2)no1. The summed E-state index contributed by atoms with van der Waals surface area (Å²) in [6.07, 6.45) is 0. The Morgan fingerprint density at radius 1 is 1.32 bits per heavy atom. The van der Waals surface area contributed by atoms with E-state index in [4.69, 9.17) is 8.94 Å². The van der Waals surface area contributed by atoms with Crippen LogP contribution in [0.25, 0.3) is 11.1 Å². The molecule has 19 heavy (non-hydrogen) atoms. The molecule has 6 nitrogen and oxygen atoms in total. The van der Waals surface area contributed by atoms with Crippen molar-refractivity contribution in [3.05, 3.63) is 34.4 Å². The van der Waals surface area contributed by atoms with Crippen LogP contribution in [0.2, 0.25) is 0 Å². The highest BCUT2D eigenvalue weighted by molar-refractivity contribution is 9.10. The number of fused-ring (bicyclic) bond motifs is 1. The summed E-state index contributed by atoms with van der Waals surface area (Å²) in [6, 6.07) is 6.23. The highest BCUT2D eigenvalue weighted by atomic mass is 79.9. The lowest BCUT2D eigenvalue weighted by molar-refractivity contribution is 0.387. The van der Waals surface area contributed by atoms with E-state index in [-0.39, 0.29) is 0 Å². The lowest BCUT2D eigenvalue weighted by Crippen LogP contribution is -2.17. The Labute approximate surface area is 117 Å². The number of nitrogens with zero attached hydrogens (tertiary/aromatic N) is 4. The van der Waals surface area contributed by atoms with Gasteiger partial charge in [-0.3, -0.25) is 0 Å². The van der Waals surface area contributed by atoms with E-state index in [0.29, 0.717) is 24.3 Å². The molecular weight excluding hydrogens is 312 g/mol. The highest BCUT2D eigenvalue weighted by Gasteiger charge is 2.13. The molecule has 3 aromatic rings. The molecule has 0 aliphatic carbocycles. The number of anilines is 1. The van der Waals surface area contributed by atoms with E-state index in [1.807, 2.05) is 30.1 Å². The molecule has 0 saturated heterocycles. The van der Waals surface area contributed by atoms with E-state index in [1.165, 1.54) is 0 Å². The summed E-state index contributed by atoms with van der Waals surface area (Å²) in [6.45, 7) is 2.23. The molecule has 2 aromatic heterocycles. The third-order valence-electron chi connectivity index (χ3n) is 2.61. The summed E-state index contributed by atoms with van der Waals surface area (Å²) in [7, 11) is 1.87. The molecule has 0 N–H and O–H groups in total. The smallest absolute Gasteiger partial charge is 0.298 e. The molecule has 0 aliphatic rings. The first-order chi connectivity index (χ1) is 9.11. The molecule has 2 heterocycles. The monoisotopic (exact) mass is 322 g/mol. The molecule has 0 fully saturated rings. The minimum atomic E-state index is 0.478. The molecule has 98 valence electrons. The average molecular weight is 323 g/mol. The first kappa shape index (κ1) is 12.2. The molecule has 0 saturated carbocycles. The summed E-state index contributed by atoms with van der Waals surface area (Å²) in [4.78, 5) is 10.4. The normalized spacial score (nSPS) is 11.1. The maximum Gasteiger partial charge on any atom is 0.298 e. The first-order valence-electron chi connectivity index (χ1n) is 5.68. The molecule has 0 bridgehead atoms. The zero-order chi connectivity index (χ0) is 13.4. The van der Waals surface area contributed by atoms with Crippen molar-refractivity contribution in [2.45, 2.75) is 13.5 Å². The molecule has 1 aromatic carbocycles. The Bertz CT molecular complexity index is 721. The maximum absolute atomic E-state index is 5.67. The van der Waals surface area contributed by atoms with Gasteiger partial charge in [0.25, 0.3) is 6.01 Å². The predicted molar refractivity (Wildman–Crippen MR) is 72.9 cm³/mol. The minimum Gasteiger partial charge on any atom is -0.423 e. The zero-order valence-electron chi connectivity index (χ0n) is 10.4. The fraction of sp³-hybridized carbons (Fsp3) is 0.250. The van der Waals surface area contributed by atoms with Crippen molar-refractivity contribution in [3.8, 4) is 0 Å². The van der Waals surface area contributed by atoms with Gasteiger partial charge in [-0.2, -0.15) is 9.97 Å². The van der Waals surface area contributed by atoms with E-state index >= 15 is 0 Å². The summed E-state index contributed by atoms with van der Waals surface area (Å²) in [5.41, 5.74) is 1.55. The lowest BCUT2D eigenvalue weighted by Gasteiger charge is -2.10. The van der Waals surface area contributed by atoms with Gasteiger partial charge >= 0.3 is 0 Å². The van der Waals surface area contributed by atoms with E-state index < -0.39 is 0 Å². The van der Waals surface area contributed by atoms with Gasteiger partial charge in [-0.1, -0.05) is 21.1 Å². The number of hydrogen-bond acceptors (Lipinski definition) is 6. The van der Waals surface area contributed by atoms with Gasteiger partial charge in [0.1, 0.15) is 5.52 Å². The quantitative estimate of drug-likeness (QED) is 0.738. The Hall–Kier alpha value is -1.89. The topological polar surface area (TPSA) is 68.2 Å². The largest absolute Gasteiger partial charge is 0.423 e. The Kier molecular flexibility index (Phi) is 2.98. The Morgan fingerprint density at radius 3 is 2.89 bits per heavy atom. The van der Waals surface area contributed by atoms with Crippen LogP contribution < -0.4 is 4.90 Å². The number of benzene rings is 1. The van der Waals surface area contributed by atoms with Gasteiger partial charge < -0.3 is 13.8 Å². The molecular formula is C12H11BrN4O2. The van der Waals surface area contributed by atoms with Crippen LogP contribution in [0.4, 0.5) is 6.01 Å². The summed E-state index contributed by atoms with van der Waals surface area (Å²) < 4.78 is 11.6. The lowest BCUT2D eigenvalue weighted by atomic mass is 10.3. The molecule has 0 amide bonds. The van der Waals surface area contributed by atoms with Gasteiger partial charge in [0, 0.05) is 18.4 Å². The number of aromatic nitrogens is 3. The number of rotatable bonds is 3. The van der Waals surface area contributed by atoms with Crippen LogP contribution in [-0.4, -0.2) is 22.2 Å². The summed E-state index contributed by atoms with van der Waals surface area (Å²) in [5, 5.41) is 3.84. The molecule has 0 aliphatic heterocycles. The van der Waals surface area contributed by atoms with Crippen molar-refractivity contribution < 1.29 is 8.94 Å². The van der Waals surface area contributed by atoms with Crippen LogP contribution in [0.1, 0.15) is 11.7 Å². The van der Waals surface area contributed by atoms with Gasteiger partial charge in [-0.15, -0.1) is 0 Å². The van der Waals surface area contributed by atoms with Crippen LogP contribution >= 0.6 is 15.9 Å². The molecule has 0 radical (unpaired) electrons. The molecule has 0 atom stereocenters. The molecule has 3 rings (SSSR count). The van der Waals surface area contributed by atoms with Crippen LogP contribution in [-0.2, 0) is 6.54 Å². The fourth-order valence-electron chi connectivity index (χ4n) is 1.74. The molecule has 0 unspecified atom stereocenters. The van der Waals surface area contributed by atoms with Crippen LogP contribution in [0, 0.1) is 6.92 Å². The van der Waals surface area contributed by atoms with Gasteiger partial charge in [-0.05, 0) is 18.2 Å². The Morgan fingerprint density at radius 2 is 2.16 bits per heavy atom. The van der Waals surface area contributed by atoms with Crippen molar-refractivity contribution in [3.63, 3.8) is 0 Å². The van der Waals surface area contributed by atoms with Crippen molar-refractivity contribution in [1.82, 2.24) is 15.1 Å². The van der Waals surface area contributed by atoms with Crippen molar-refractivity contribution in [1.29, 1.82) is 0 Å². The third kappa shape index (κ3) is 2.46. The summed E-state index contributed by atoms with van der Waals surface area (Å²) in [5.74, 6) is 1.15. The second-order valence-corrected chi connectivity index (χ2v) is 5.11. The van der Waals surface area contributed by atoms with Crippen molar-refractivity contribution >= 4 is 33.0 Å². The fourth-order valence-corrected chi connectivity index (χ4v) is 2.09. The van der Waals surface area contributed by atoms with Crippen LogP contribution in [0.3, 0.4) is 0 Å². The molecule has 7 heteroatoms. The van der Waals surface area contributed by atoms with Crippen molar-refractivity contribution in [2.24, 2.45) is 0 Å². The minimum absolute atomic E-state index is 0.478. The van der Waals surface area contributed by atoms with Gasteiger partial charge in [0.15, 0.2) is 11.4 Å². The summed E-state index contributed by atoms with van der Waals surface area (Å²) >= 11 is 3.41. The van der Waals surface area contributed by atoms with Crippen LogP contribution in [0.15, 0.2) is 31.6 Å². The average Bonchev–Trinajstić information content (AvgIpc) is 2.95. The van der Waals surface area contributed by atoms with E-state index in [2.05, 4.69) is 31.1 Å². The third-order valence-corrected chi connectivity index (χ3v) is 3.11. The first-order valence-corrected chi connectivity index (χ1v) is 6.47. The number of oxazole rings is 1. The van der Waals surface area contributed by atoms with Gasteiger partial charge in [0.05, 0.1) is 6.54 Å². The number of aryl methyl sites for hydroxylation is 1. The zero-order valence-corrected chi connectivity index (χ0v) is 12.0. The van der Waals surface area contributed by atoms with Gasteiger partial charge in [0.2, 0.25) is 5.89 Å². The van der Waals surface area contributed by atoms with Crippen molar-refractivity contribution in [2.75, 3.05) is 11.9 Å². The Balaban J connectivity index is 1.86. The standard InChI is InChI=1S/C12H11BrN4O2/c1-7-14-11(16-19-7)6-17(2)12-15-9-5-8(13)3-4-10(9)18-12/h3-5H,6H2,1-2H3. The highest BCUT2D eigenvalue weighted by Crippen LogP contribution is 2.24. The maximum atomic E-state index is 5.67. The van der Waals surface area contributed by atoms with E-state index in [0.717, 1.165) is 15.6 Å². The number of hydrogen-bond donors (Lipinski definition) is 0. The van der Waals surface area contributed by atoms with E-state index in [9.17, 15) is 0 Å². The van der Waals surface area contributed by atoms with E-state index in [1.54, 1.807) is 6.92 Å².